The largest absolute Gasteiger partial charge is 0.398 e. The van der Waals surface area contributed by atoms with Crippen LogP contribution in [0.5, 0.6) is 0 Å². The zero-order valence-electron chi connectivity index (χ0n) is 8.43. The molecule has 2 N–H and O–H groups in total. The average molecular weight is 296 g/mol. The molecule has 0 unspecified atom stereocenters. The highest BCUT2D eigenvalue weighted by molar-refractivity contribution is 9.10. The third kappa shape index (κ3) is 2.74. The van der Waals surface area contributed by atoms with Crippen molar-refractivity contribution < 1.29 is 0 Å². The maximum atomic E-state index is 5.81. The standard InChI is InChI=1S/C11H10BrN3S/c12-11-8(2-1-3-9(11)13)7-16-10-6-14-4-5-15-10/h1-6H,7,13H2. The van der Waals surface area contributed by atoms with Crippen LogP contribution in [0.15, 0.2) is 46.3 Å². The smallest absolute Gasteiger partial charge is 0.115 e. The van der Waals surface area contributed by atoms with Gasteiger partial charge in [0.1, 0.15) is 5.03 Å². The summed E-state index contributed by atoms with van der Waals surface area (Å²) in [5.41, 5.74) is 7.73. The molecular formula is C11H10BrN3S. The van der Waals surface area contributed by atoms with Gasteiger partial charge in [-0.25, -0.2) is 4.98 Å². The Morgan fingerprint density at radius 1 is 1.31 bits per heavy atom. The van der Waals surface area contributed by atoms with Crippen LogP contribution in [0.1, 0.15) is 5.56 Å². The highest BCUT2D eigenvalue weighted by atomic mass is 79.9. The maximum Gasteiger partial charge on any atom is 0.115 e. The Bertz CT molecular complexity index is 476. The Morgan fingerprint density at radius 2 is 2.19 bits per heavy atom. The van der Waals surface area contributed by atoms with E-state index in [1.807, 2.05) is 18.2 Å². The zero-order valence-corrected chi connectivity index (χ0v) is 10.8. The molecule has 82 valence electrons. The Morgan fingerprint density at radius 3 is 2.94 bits per heavy atom. The lowest BCUT2D eigenvalue weighted by atomic mass is 10.2. The van der Waals surface area contributed by atoms with E-state index >= 15 is 0 Å². The summed E-state index contributed by atoms with van der Waals surface area (Å²) in [7, 11) is 0. The van der Waals surface area contributed by atoms with Gasteiger partial charge in [-0.15, -0.1) is 11.8 Å². The van der Waals surface area contributed by atoms with Crippen molar-refractivity contribution in [3.05, 3.63) is 46.8 Å². The fraction of sp³-hybridized carbons (Fsp3) is 0.0909. The minimum atomic E-state index is 0.761. The Labute approximate surface area is 107 Å². The molecule has 5 heteroatoms. The number of thioether (sulfide) groups is 1. The molecule has 0 aliphatic rings. The van der Waals surface area contributed by atoms with Gasteiger partial charge < -0.3 is 5.73 Å². The summed E-state index contributed by atoms with van der Waals surface area (Å²) in [6, 6.07) is 5.87. The first kappa shape index (κ1) is 11.4. The SMILES string of the molecule is Nc1cccc(CSc2cnccn2)c1Br. The molecular weight excluding hydrogens is 286 g/mol. The molecule has 0 saturated carbocycles. The van der Waals surface area contributed by atoms with Crippen molar-refractivity contribution in [1.29, 1.82) is 0 Å². The summed E-state index contributed by atoms with van der Waals surface area (Å²) < 4.78 is 0.964. The molecule has 0 atom stereocenters. The lowest BCUT2D eigenvalue weighted by Gasteiger charge is -2.05. The molecule has 2 aromatic rings. The van der Waals surface area contributed by atoms with E-state index in [1.54, 1.807) is 30.4 Å². The van der Waals surface area contributed by atoms with Gasteiger partial charge in [-0.05, 0) is 27.6 Å². The Hall–Kier alpha value is -1.07. The molecule has 1 aromatic carbocycles. The number of nitrogen functional groups attached to an aromatic ring is 1. The highest BCUT2D eigenvalue weighted by Crippen LogP contribution is 2.29. The molecule has 0 aliphatic carbocycles. The van der Waals surface area contributed by atoms with Crippen LogP contribution in [0, 0.1) is 0 Å². The normalized spacial score (nSPS) is 10.3. The molecule has 16 heavy (non-hydrogen) atoms. The highest BCUT2D eigenvalue weighted by Gasteiger charge is 2.04. The molecule has 0 bridgehead atoms. The van der Waals surface area contributed by atoms with Crippen LogP contribution >= 0.6 is 27.7 Å². The second kappa shape index (κ2) is 5.32. The molecule has 2 rings (SSSR count). The first-order valence-corrected chi connectivity index (χ1v) is 6.47. The van der Waals surface area contributed by atoms with Gasteiger partial charge in [0.25, 0.3) is 0 Å². The predicted molar refractivity (Wildman–Crippen MR) is 70.1 cm³/mol. The number of benzene rings is 1. The van der Waals surface area contributed by atoms with Crippen LogP contribution in [0.4, 0.5) is 5.69 Å². The molecule has 0 saturated heterocycles. The molecule has 0 radical (unpaired) electrons. The van der Waals surface area contributed by atoms with Gasteiger partial charge >= 0.3 is 0 Å². The minimum Gasteiger partial charge on any atom is -0.398 e. The summed E-state index contributed by atoms with van der Waals surface area (Å²) in [4.78, 5) is 8.22. The Kier molecular flexibility index (Phi) is 3.79. The topological polar surface area (TPSA) is 51.8 Å². The van der Waals surface area contributed by atoms with Crippen LogP contribution in [-0.2, 0) is 5.75 Å². The van der Waals surface area contributed by atoms with Crippen molar-refractivity contribution >= 4 is 33.4 Å². The second-order valence-electron chi connectivity index (χ2n) is 3.15. The number of halogens is 1. The van der Waals surface area contributed by atoms with Gasteiger partial charge in [-0.2, -0.15) is 0 Å². The van der Waals surface area contributed by atoms with Crippen LogP contribution in [-0.4, -0.2) is 9.97 Å². The lowest BCUT2D eigenvalue weighted by Crippen LogP contribution is -1.91. The van der Waals surface area contributed by atoms with Crippen molar-refractivity contribution in [2.24, 2.45) is 0 Å². The van der Waals surface area contributed by atoms with Crippen LogP contribution in [0.2, 0.25) is 0 Å². The third-order valence-electron chi connectivity index (χ3n) is 2.02. The number of hydrogen-bond donors (Lipinski definition) is 1. The van der Waals surface area contributed by atoms with Crippen molar-refractivity contribution in [2.75, 3.05) is 5.73 Å². The first-order chi connectivity index (χ1) is 7.77. The van der Waals surface area contributed by atoms with E-state index in [4.69, 9.17) is 5.73 Å². The van der Waals surface area contributed by atoms with Crippen molar-refractivity contribution in [3.63, 3.8) is 0 Å². The molecule has 0 fully saturated rings. The number of hydrogen-bond acceptors (Lipinski definition) is 4. The molecule has 0 amide bonds. The molecule has 0 spiro atoms. The first-order valence-electron chi connectivity index (χ1n) is 4.69. The molecule has 0 aliphatic heterocycles. The summed E-state index contributed by atoms with van der Waals surface area (Å²) in [5, 5.41) is 0.914. The lowest BCUT2D eigenvalue weighted by molar-refractivity contribution is 1.05. The minimum absolute atomic E-state index is 0.761. The molecule has 1 heterocycles. The number of anilines is 1. The van der Waals surface area contributed by atoms with E-state index in [-0.39, 0.29) is 0 Å². The summed E-state index contributed by atoms with van der Waals surface area (Å²) in [6.45, 7) is 0. The van der Waals surface area contributed by atoms with Gasteiger partial charge in [0.2, 0.25) is 0 Å². The van der Waals surface area contributed by atoms with Crippen molar-refractivity contribution in [1.82, 2.24) is 9.97 Å². The number of aromatic nitrogens is 2. The van der Waals surface area contributed by atoms with E-state index in [2.05, 4.69) is 25.9 Å². The van der Waals surface area contributed by atoms with E-state index in [1.165, 1.54) is 0 Å². The van der Waals surface area contributed by atoms with Crippen molar-refractivity contribution in [2.45, 2.75) is 10.8 Å². The van der Waals surface area contributed by atoms with Crippen molar-refractivity contribution in [3.8, 4) is 0 Å². The fourth-order valence-corrected chi connectivity index (χ4v) is 2.63. The van der Waals surface area contributed by atoms with Crippen LogP contribution in [0.25, 0.3) is 0 Å². The maximum absolute atomic E-state index is 5.81. The summed E-state index contributed by atoms with van der Waals surface area (Å²) >= 11 is 5.12. The van der Waals surface area contributed by atoms with Gasteiger partial charge in [-0.1, -0.05) is 12.1 Å². The quantitative estimate of drug-likeness (QED) is 0.698. The number of nitrogens with zero attached hydrogens (tertiary/aromatic N) is 2. The fourth-order valence-electron chi connectivity index (χ4n) is 1.22. The number of nitrogens with two attached hydrogens (primary N) is 1. The van der Waals surface area contributed by atoms with E-state index in [9.17, 15) is 0 Å². The average Bonchev–Trinajstić information content (AvgIpc) is 2.32. The van der Waals surface area contributed by atoms with E-state index in [0.29, 0.717) is 0 Å². The van der Waals surface area contributed by atoms with Gasteiger partial charge in [0.15, 0.2) is 0 Å². The predicted octanol–water partition coefficient (Wildman–Crippen LogP) is 3.11. The molecule has 1 aromatic heterocycles. The number of rotatable bonds is 3. The Balaban J connectivity index is 2.08. The monoisotopic (exact) mass is 295 g/mol. The molecule has 3 nitrogen and oxygen atoms in total. The summed E-state index contributed by atoms with van der Waals surface area (Å²) in [6.07, 6.45) is 5.11. The van der Waals surface area contributed by atoms with Gasteiger partial charge in [0, 0.05) is 28.3 Å². The van der Waals surface area contributed by atoms with Gasteiger partial charge in [-0.3, -0.25) is 4.98 Å². The second-order valence-corrected chi connectivity index (χ2v) is 4.94. The van der Waals surface area contributed by atoms with Crippen LogP contribution < -0.4 is 5.73 Å². The van der Waals surface area contributed by atoms with E-state index < -0.39 is 0 Å². The van der Waals surface area contributed by atoms with Crippen LogP contribution in [0.3, 0.4) is 0 Å². The third-order valence-corrected chi connectivity index (χ3v) is 3.95. The summed E-state index contributed by atoms with van der Waals surface area (Å²) in [5.74, 6) is 0.824. The van der Waals surface area contributed by atoms with E-state index in [0.717, 1.165) is 26.5 Å². The zero-order chi connectivity index (χ0) is 11.4. The van der Waals surface area contributed by atoms with Gasteiger partial charge in [0.05, 0.1) is 6.20 Å².